The lowest BCUT2D eigenvalue weighted by Gasteiger charge is -2.35. The Morgan fingerprint density at radius 3 is 2.64 bits per heavy atom. The smallest absolute Gasteiger partial charge is 0.255 e. The van der Waals surface area contributed by atoms with E-state index in [0.29, 0.717) is 46.2 Å². The molecule has 1 saturated heterocycles. The van der Waals surface area contributed by atoms with Crippen LogP contribution in [0.4, 0.5) is 5.82 Å². The van der Waals surface area contributed by atoms with E-state index in [-0.39, 0.29) is 50.5 Å². The van der Waals surface area contributed by atoms with E-state index in [0.717, 1.165) is 48.3 Å². The van der Waals surface area contributed by atoms with E-state index in [1.165, 1.54) is 27.6 Å². The molecule has 3 amide bonds. The number of ether oxygens (including phenoxy) is 2. The number of thiazole rings is 2. The second-order valence-electron chi connectivity index (χ2n) is 17.0. The van der Waals surface area contributed by atoms with Crippen LogP contribution in [0, 0.1) is 24.2 Å². The summed E-state index contributed by atoms with van der Waals surface area (Å²) in [7, 11) is 1.83. The predicted molar refractivity (Wildman–Crippen MR) is 255 cm³/mol. The van der Waals surface area contributed by atoms with Gasteiger partial charge < -0.3 is 35.0 Å². The summed E-state index contributed by atoms with van der Waals surface area (Å²) in [6.07, 6.45) is 2.98. The molecule has 67 heavy (non-hydrogen) atoms. The number of aromatic nitrogens is 5. The number of aryl methyl sites for hydroxylation is 1. The Hall–Kier alpha value is -7.33. The summed E-state index contributed by atoms with van der Waals surface area (Å²) >= 11 is 3.06. The first-order valence-corrected chi connectivity index (χ1v) is 23.6. The van der Waals surface area contributed by atoms with Gasteiger partial charge in [0.05, 0.1) is 44.0 Å². The summed E-state index contributed by atoms with van der Waals surface area (Å²) in [5.74, 6) is 0.801. The van der Waals surface area contributed by atoms with Crippen LogP contribution in [0.3, 0.4) is 0 Å². The average molecular weight is 935 g/mol. The number of hydrogen-bond acceptors (Lipinski definition) is 13. The molecule has 10 rings (SSSR count). The van der Waals surface area contributed by atoms with E-state index >= 15 is 0 Å². The molecule has 3 aromatic carbocycles. The number of benzene rings is 3. The van der Waals surface area contributed by atoms with Crippen molar-refractivity contribution in [3.05, 3.63) is 119 Å². The number of likely N-dealkylation sites (tertiary alicyclic amines) is 1. The number of nitriles is 1. The van der Waals surface area contributed by atoms with Gasteiger partial charge in [0, 0.05) is 56.6 Å². The van der Waals surface area contributed by atoms with E-state index in [2.05, 4.69) is 21.7 Å². The fourth-order valence-electron chi connectivity index (χ4n) is 9.14. The summed E-state index contributed by atoms with van der Waals surface area (Å²) in [6.45, 7) is 6.58. The van der Waals surface area contributed by atoms with Gasteiger partial charge >= 0.3 is 0 Å². The highest BCUT2D eigenvalue weighted by atomic mass is 32.1. The van der Waals surface area contributed by atoms with Gasteiger partial charge in [-0.05, 0) is 66.4 Å². The molecule has 1 fully saturated rings. The molecule has 0 unspecified atom stereocenters. The Balaban J connectivity index is 0.815. The third-order valence-corrected chi connectivity index (χ3v) is 14.4. The molecule has 5 aromatic heterocycles. The first kappa shape index (κ1) is 43.6. The van der Waals surface area contributed by atoms with E-state index in [1.807, 2.05) is 104 Å². The van der Waals surface area contributed by atoms with E-state index in [9.17, 15) is 24.8 Å². The highest BCUT2D eigenvalue weighted by molar-refractivity contribution is 7.23. The van der Waals surface area contributed by atoms with Crippen molar-refractivity contribution < 1.29 is 29.0 Å². The molecule has 7 heterocycles. The first-order chi connectivity index (χ1) is 32.5. The number of pyridine rings is 1. The van der Waals surface area contributed by atoms with Crippen molar-refractivity contribution in [3.63, 3.8) is 0 Å². The number of nitrogens with zero attached hydrogens (tertiary/aromatic N) is 8. The Morgan fingerprint density at radius 1 is 1.03 bits per heavy atom. The molecule has 8 aromatic rings. The molecule has 3 atom stereocenters. The highest BCUT2D eigenvalue weighted by Crippen LogP contribution is 2.36. The van der Waals surface area contributed by atoms with Crippen LogP contribution in [0.15, 0.2) is 90.7 Å². The van der Waals surface area contributed by atoms with E-state index < -0.39 is 24.1 Å². The molecule has 340 valence electrons. The number of amides is 3. The maximum atomic E-state index is 14.3. The largest absolute Gasteiger partial charge is 0.490 e. The van der Waals surface area contributed by atoms with Crippen LogP contribution in [0.25, 0.3) is 42.7 Å². The summed E-state index contributed by atoms with van der Waals surface area (Å²) in [5, 5.41) is 26.4. The molecule has 2 aliphatic rings. The maximum Gasteiger partial charge on any atom is 0.255 e. The third kappa shape index (κ3) is 8.08. The minimum Gasteiger partial charge on any atom is -0.490 e. The molecule has 0 radical (unpaired) electrons. The molecular weight excluding hydrogens is 889 g/mol. The van der Waals surface area contributed by atoms with Crippen molar-refractivity contribution in [1.82, 2.24) is 38.9 Å². The number of carbonyl (C=O) groups excluding carboxylic acids is 3. The fourth-order valence-corrected chi connectivity index (χ4v) is 11.0. The van der Waals surface area contributed by atoms with Crippen LogP contribution < -0.4 is 20.1 Å². The zero-order chi connectivity index (χ0) is 46.5. The van der Waals surface area contributed by atoms with E-state index in [4.69, 9.17) is 19.4 Å². The van der Waals surface area contributed by atoms with Crippen LogP contribution in [-0.4, -0.2) is 101 Å². The van der Waals surface area contributed by atoms with E-state index in [1.54, 1.807) is 28.6 Å². The van der Waals surface area contributed by atoms with Crippen LogP contribution in [0.1, 0.15) is 53.0 Å². The zero-order valence-electron chi connectivity index (χ0n) is 37.1. The molecule has 0 bridgehead atoms. The number of imidazole rings is 2. The van der Waals surface area contributed by atoms with Crippen LogP contribution in [-0.2, 0) is 22.7 Å². The Labute approximate surface area is 393 Å². The van der Waals surface area contributed by atoms with Crippen molar-refractivity contribution >= 4 is 67.0 Å². The number of carbonyl (C=O) groups is 3. The number of β-amino-alcohol motifs (C(OH)–C–C–N with tert-alkyl or cyclic N) is 1. The number of aliphatic hydroxyl groups excluding tert-OH is 1. The number of hydrogen-bond donors (Lipinski definition) is 3. The van der Waals surface area contributed by atoms with Crippen LogP contribution in [0.2, 0.25) is 0 Å². The lowest BCUT2D eigenvalue weighted by molar-refractivity contribution is -0.143. The fraction of sp³-hybridized carbons (Fsp3) is 0.286. The lowest BCUT2D eigenvalue weighted by Crippen LogP contribution is -2.55. The standard InChI is InChI=1S/C49H46N10O6S2/c1-27(2)43(59-23-32-7-5-6-8-35(32)47(59)62)48(63)57-24-33(60)19-38(57)46(61)52-22-31-10-9-30(44-28(3)53-26-66-44)18-39(31)65-16-15-64-34-11-12-37-40(20-34)67-49-54-36(25-58(37)49)42-45(51-4)56-14-13-29(21-50)17-41(56)55-42/h5-14,17-18,20,25-27,33,38,43,51,60H,15-16,19,22-24H2,1-4H3,(H,52,61)/t33-,38+,43+/m1/s1. The predicted octanol–water partition coefficient (Wildman–Crippen LogP) is 6.93. The Bertz CT molecular complexity index is 3270. The number of anilines is 1. The average Bonchev–Trinajstić information content (AvgIpc) is 4.19. The summed E-state index contributed by atoms with van der Waals surface area (Å²) < 4.78 is 17.5. The summed E-state index contributed by atoms with van der Waals surface area (Å²) in [6, 6.07) is 23.0. The van der Waals surface area contributed by atoms with Gasteiger partial charge in [0.2, 0.25) is 11.8 Å². The molecular formula is C49H46N10O6S2. The van der Waals surface area contributed by atoms with Crippen molar-refractivity contribution in [2.75, 3.05) is 32.1 Å². The Kier molecular flexibility index (Phi) is 11.6. The second kappa shape index (κ2) is 17.8. The number of aliphatic hydroxyl groups is 1. The first-order valence-electron chi connectivity index (χ1n) is 22.0. The molecule has 0 spiro atoms. The molecule has 2 aliphatic heterocycles. The topological polar surface area (TPSA) is 192 Å². The number of rotatable bonds is 14. The van der Waals surface area contributed by atoms with Gasteiger partial charge in [0.25, 0.3) is 5.91 Å². The quantitative estimate of drug-likeness (QED) is 0.0959. The lowest BCUT2D eigenvalue weighted by atomic mass is 10.0. The Morgan fingerprint density at radius 2 is 1.87 bits per heavy atom. The van der Waals surface area contributed by atoms with Gasteiger partial charge in [-0.2, -0.15) is 5.26 Å². The van der Waals surface area contributed by atoms with Crippen LogP contribution >= 0.6 is 22.7 Å². The van der Waals surface area contributed by atoms with Crippen molar-refractivity contribution in [3.8, 4) is 39.4 Å². The highest BCUT2D eigenvalue weighted by Gasteiger charge is 2.46. The number of nitrogens with one attached hydrogen (secondary N) is 2. The minimum atomic E-state index is -0.921. The zero-order valence-corrected chi connectivity index (χ0v) is 38.7. The van der Waals surface area contributed by atoms with Gasteiger partial charge in [-0.1, -0.05) is 55.5 Å². The SMILES string of the molecule is CNc1c(-c2cn3c(n2)sc2cc(OCCOc4cc(-c5scnc5C)ccc4CNC(=O)[C@@H]4C[C@@H](O)CN4C(=O)[C@H](C(C)C)N4Cc5ccccc5C4=O)ccc23)nc2cc(C#N)ccn12. The maximum absolute atomic E-state index is 14.3. The van der Waals surface area contributed by atoms with Gasteiger partial charge in [0.15, 0.2) is 4.96 Å². The van der Waals surface area contributed by atoms with Crippen molar-refractivity contribution in [2.45, 2.75) is 58.5 Å². The normalized spacial score (nSPS) is 16.3. The third-order valence-electron chi connectivity index (χ3n) is 12.4. The van der Waals surface area contributed by atoms with Gasteiger partial charge in [0.1, 0.15) is 59.6 Å². The van der Waals surface area contributed by atoms with Gasteiger partial charge in [-0.15, -0.1) is 11.3 Å². The molecule has 16 nitrogen and oxygen atoms in total. The minimum absolute atomic E-state index is 0.00573. The molecule has 18 heteroatoms. The van der Waals surface area contributed by atoms with Crippen LogP contribution in [0.5, 0.6) is 11.5 Å². The monoisotopic (exact) mass is 934 g/mol. The molecule has 0 saturated carbocycles. The van der Waals surface area contributed by atoms with Crippen molar-refractivity contribution in [2.24, 2.45) is 5.92 Å². The molecule has 3 N–H and O–H groups in total. The second-order valence-corrected chi connectivity index (χ2v) is 18.9. The summed E-state index contributed by atoms with van der Waals surface area (Å²) in [4.78, 5) is 60.7. The summed E-state index contributed by atoms with van der Waals surface area (Å²) in [5.41, 5.74) is 9.32. The van der Waals surface area contributed by atoms with Gasteiger partial charge in [-0.25, -0.2) is 15.0 Å². The van der Waals surface area contributed by atoms with Crippen molar-refractivity contribution in [1.29, 1.82) is 5.26 Å². The molecule has 0 aliphatic carbocycles. The number of fused-ring (bicyclic) bond motifs is 5. The van der Waals surface area contributed by atoms with Gasteiger partial charge in [-0.3, -0.25) is 23.2 Å².